The summed E-state index contributed by atoms with van der Waals surface area (Å²) in [6.07, 6.45) is 7.44. The molecule has 3 heterocycles. The van der Waals surface area contributed by atoms with Crippen molar-refractivity contribution in [1.82, 2.24) is 24.3 Å². The average molecular weight is 386 g/mol. The highest BCUT2D eigenvalue weighted by Gasteiger charge is 2.10. The second kappa shape index (κ2) is 6.62. The smallest absolute Gasteiger partial charge is 0.138 e. The lowest BCUT2D eigenvalue weighted by molar-refractivity contribution is 0.768. The van der Waals surface area contributed by atoms with Crippen LogP contribution in [-0.4, -0.2) is 24.3 Å². The van der Waals surface area contributed by atoms with Gasteiger partial charge in [-0.2, -0.15) is 5.10 Å². The van der Waals surface area contributed by atoms with Gasteiger partial charge in [0.2, 0.25) is 0 Å². The van der Waals surface area contributed by atoms with Crippen molar-refractivity contribution < 1.29 is 0 Å². The summed E-state index contributed by atoms with van der Waals surface area (Å²) >= 11 is 6.36. The molecule has 5 rings (SSSR count). The first-order valence-corrected chi connectivity index (χ1v) is 9.24. The Morgan fingerprint density at radius 1 is 0.893 bits per heavy atom. The minimum absolute atomic E-state index is 0.719. The van der Waals surface area contributed by atoms with Gasteiger partial charge < -0.3 is 0 Å². The molecule has 0 aliphatic rings. The van der Waals surface area contributed by atoms with Crippen LogP contribution in [0.1, 0.15) is 0 Å². The maximum atomic E-state index is 6.36. The summed E-state index contributed by atoms with van der Waals surface area (Å²) in [6, 6.07) is 18.0. The van der Waals surface area contributed by atoms with Crippen molar-refractivity contribution in [2.75, 3.05) is 0 Å². The average Bonchev–Trinajstić information content (AvgIpc) is 3.34. The molecule has 3 aromatic heterocycles. The molecule has 0 amide bonds. The highest BCUT2D eigenvalue weighted by Crippen LogP contribution is 2.29. The van der Waals surface area contributed by atoms with Crippen molar-refractivity contribution in [3.8, 4) is 28.1 Å². The minimum Gasteiger partial charge on any atom is -0.283 e. The second-order valence-electron chi connectivity index (χ2n) is 6.60. The fourth-order valence-corrected chi connectivity index (χ4v) is 3.60. The van der Waals surface area contributed by atoms with Crippen molar-refractivity contribution in [3.05, 3.63) is 84.5 Å². The summed E-state index contributed by atoms with van der Waals surface area (Å²) in [4.78, 5) is 9.12. The molecule has 5 aromatic rings. The van der Waals surface area contributed by atoms with Gasteiger partial charge in [0.15, 0.2) is 0 Å². The zero-order valence-corrected chi connectivity index (χ0v) is 15.9. The summed E-state index contributed by atoms with van der Waals surface area (Å²) in [7, 11) is 1.91. The van der Waals surface area contributed by atoms with Gasteiger partial charge in [-0.25, -0.2) is 9.97 Å². The van der Waals surface area contributed by atoms with E-state index in [4.69, 9.17) is 11.6 Å². The quantitative estimate of drug-likeness (QED) is 0.432. The van der Waals surface area contributed by atoms with Crippen LogP contribution in [0.15, 0.2) is 79.5 Å². The number of benzene rings is 2. The molecule has 0 N–H and O–H groups in total. The Morgan fingerprint density at radius 2 is 1.79 bits per heavy atom. The molecule has 0 bridgehead atoms. The Bertz CT molecular complexity index is 1300. The van der Waals surface area contributed by atoms with Crippen molar-refractivity contribution in [2.24, 2.45) is 7.05 Å². The van der Waals surface area contributed by atoms with E-state index in [1.54, 1.807) is 17.2 Å². The standard InChI is InChI=1S/C22H16ClN5/c1-27-13-17(12-26-27)15-6-7-21-20(10-15)25-14-28(21)22-11-16(8-9-24-22)18-4-2-3-5-19(18)23/h2-14H,1H3. The largest absolute Gasteiger partial charge is 0.283 e. The van der Waals surface area contributed by atoms with Crippen LogP contribution in [0.4, 0.5) is 0 Å². The SMILES string of the molecule is Cn1cc(-c2ccc3c(c2)ncn3-c2cc(-c3ccccc3Cl)ccn2)cn1. The Labute approximate surface area is 166 Å². The molecule has 0 radical (unpaired) electrons. The van der Waals surface area contributed by atoms with Gasteiger partial charge in [-0.15, -0.1) is 0 Å². The maximum Gasteiger partial charge on any atom is 0.138 e. The van der Waals surface area contributed by atoms with Gasteiger partial charge in [-0.05, 0) is 41.5 Å². The van der Waals surface area contributed by atoms with Crippen LogP contribution < -0.4 is 0 Å². The van der Waals surface area contributed by atoms with Crippen molar-refractivity contribution in [2.45, 2.75) is 0 Å². The van der Waals surface area contributed by atoms with E-state index in [0.717, 1.165) is 44.1 Å². The molecule has 136 valence electrons. The molecule has 0 unspecified atom stereocenters. The normalized spacial score (nSPS) is 11.2. The van der Waals surface area contributed by atoms with Gasteiger partial charge in [0.1, 0.15) is 12.1 Å². The second-order valence-corrected chi connectivity index (χ2v) is 7.01. The summed E-state index contributed by atoms with van der Waals surface area (Å²) in [5.74, 6) is 0.800. The minimum atomic E-state index is 0.719. The summed E-state index contributed by atoms with van der Waals surface area (Å²) in [5, 5.41) is 4.96. The van der Waals surface area contributed by atoms with Gasteiger partial charge >= 0.3 is 0 Å². The van der Waals surface area contributed by atoms with Gasteiger partial charge in [0.05, 0.1) is 17.2 Å². The molecule has 0 fully saturated rings. The van der Waals surface area contributed by atoms with Gasteiger partial charge in [0.25, 0.3) is 0 Å². The molecule has 0 spiro atoms. The number of hydrogen-bond donors (Lipinski definition) is 0. The first-order valence-electron chi connectivity index (χ1n) is 8.86. The third kappa shape index (κ3) is 2.86. The zero-order chi connectivity index (χ0) is 19.1. The van der Waals surface area contributed by atoms with Crippen LogP contribution in [0, 0.1) is 0 Å². The number of aromatic nitrogens is 5. The molecule has 0 aliphatic carbocycles. The predicted octanol–water partition coefficient (Wildman–Crippen LogP) is 5.14. The van der Waals surface area contributed by atoms with E-state index < -0.39 is 0 Å². The van der Waals surface area contributed by atoms with Gasteiger partial charge in [-0.3, -0.25) is 9.25 Å². The molecule has 28 heavy (non-hydrogen) atoms. The molecule has 0 atom stereocenters. The van der Waals surface area contributed by atoms with Crippen LogP contribution in [0.2, 0.25) is 5.02 Å². The van der Waals surface area contributed by atoms with E-state index in [-0.39, 0.29) is 0 Å². The molecule has 0 saturated heterocycles. The van der Waals surface area contributed by atoms with E-state index in [0.29, 0.717) is 0 Å². The number of fused-ring (bicyclic) bond motifs is 1. The van der Waals surface area contributed by atoms with E-state index in [9.17, 15) is 0 Å². The molecule has 2 aromatic carbocycles. The Kier molecular flexibility index (Phi) is 3.95. The number of aryl methyl sites for hydroxylation is 1. The van der Waals surface area contributed by atoms with Crippen LogP contribution in [0.3, 0.4) is 0 Å². The summed E-state index contributed by atoms with van der Waals surface area (Å²) in [6.45, 7) is 0. The molecular weight excluding hydrogens is 370 g/mol. The highest BCUT2D eigenvalue weighted by molar-refractivity contribution is 6.33. The molecule has 0 aliphatic heterocycles. The van der Waals surface area contributed by atoms with Crippen molar-refractivity contribution in [3.63, 3.8) is 0 Å². The van der Waals surface area contributed by atoms with E-state index in [1.807, 2.05) is 60.4 Å². The number of rotatable bonds is 3. The number of nitrogens with zero attached hydrogens (tertiary/aromatic N) is 5. The van der Waals surface area contributed by atoms with Crippen LogP contribution in [0.5, 0.6) is 0 Å². The van der Waals surface area contributed by atoms with Crippen LogP contribution >= 0.6 is 11.6 Å². The Balaban J connectivity index is 1.58. The fourth-order valence-electron chi connectivity index (χ4n) is 3.36. The summed E-state index contributed by atoms with van der Waals surface area (Å²) < 4.78 is 3.78. The fraction of sp³-hybridized carbons (Fsp3) is 0.0455. The first kappa shape index (κ1) is 16.7. The monoisotopic (exact) mass is 385 g/mol. The maximum absolute atomic E-state index is 6.36. The number of hydrogen-bond acceptors (Lipinski definition) is 3. The van der Waals surface area contributed by atoms with Crippen molar-refractivity contribution >= 4 is 22.6 Å². The zero-order valence-electron chi connectivity index (χ0n) is 15.1. The van der Waals surface area contributed by atoms with E-state index in [2.05, 4.69) is 33.3 Å². The van der Waals surface area contributed by atoms with Crippen molar-refractivity contribution in [1.29, 1.82) is 0 Å². The first-order chi connectivity index (χ1) is 13.7. The lowest BCUT2D eigenvalue weighted by atomic mass is 10.1. The van der Waals surface area contributed by atoms with E-state index >= 15 is 0 Å². The summed E-state index contributed by atoms with van der Waals surface area (Å²) in [5.41, 5.74) is 6.06. The molecule has 6 heteroatoms. The Morgan fingerprint density at radius 3 is 2.61 bits per heavy atom. The lowest BCUT2D eigenvalue weighted by Crippen LogP contribution is -1.96. The Hall–Kier alpha value is -3.44. The number of imidazole rings is 1. The lowest BCUT2D eigenvalue weighted by Gasteiger charge is -2.08. The number of halogens is 1. The van der Waals surface area contributed by atoms with Crippen LogP contribution in [0.25, 0.3) is 39.1 Å². The number of pyridine rings is 1. The van der Waals surface area contributed by atoms with Crippen LogP contribution in [-0.2, 0) is 7.05 Å². The topological polar surface area (TPSA) is 48.5 Å². The predicted molar refractivity (Wildman–Crippen MR) is 112 cm³/mol. The molecular formula is C22H16ClN5. The van der Waals surface area contributed by atoms with E-state index in [1.165, 1.54) is 0 Å². The highest BCUT2D eigenvalue weighted by atomic mass is 35.5. The molecule has 5 nitrogen and oxygen atoms in total. The molecule has 0 saturated carbocycles. The van der Waals surface area contributed by atoms with Gasteiger partial charge in [-0.1, -0.05) is 35.9 Å². The third-order valence-corrected chi connectivity index (χ3v) is 5.09. The van der Waals surface area contributed by atoms with Gasteiger partial charge in [0, 0.05) is 35.6 Å². The third-order valence-electron chi connectivity index (χ3n) is 4.76.